The van der Waals surface area contributed by atoms with Crippen LogP contribution in [0, 0.1) is 0 Å². The highest BCUT2D eigenvalue weighted by Crippen LogP contribution is 2.37. The summed E-state index contributed by atoms with van der Waals surface area (Å²) in [5, 5.41) is 20.6. The van der Waals surface area contributed by atoms with E-state index >= 15 is 0 Å². The highest BCUT2D eigenvalue weighted by atomic mass is 16.6. The quantitative estimate of drug-likeness (QED) is 0.614. The minimum absolute atomic E-state index is 0.144. The molecule has 1 saturated heterocycles. The lowest BCUT2D eigenvalue weighted by molar-refractivity contribution is -0.147. The SMILES string of the molecule is CC1=C(C)C(O)C(CC[C@@]2(C)CCC(=O)O2)=C(C)C1O. The first-order chi connectivity index (χ1) is 9.25. The number of ether oxygens (including phenoxy) is 1. The highest BCUT2D eigenvalue weighted by Gasteiger charge is 2.37. The standard InChI is InChI=1S/C16H24O4/c1-9-10(2)15(19)12(11(3)14(9)18)5-7-16(4)8-6-13(17)20-16/h14-15,18-19H,5-8H2,1-4H3/t14?,15?,16-/m0/s1. The molecular weight excluding hydrogens is 256 g/mol. The maximum absolute atomic E-state index is 11.3. The van der Waals surface area contributed by atoms with Gasteiger partial charge >= 0.3 is 5.97 Å². The summed E-state index contributed by atoms with van der Waals surface area (Å²) in [4.78, 5) is 11.3. The number of aliphatic hydroxyl groups is 2. The van der Waals surface area contributed by atoms with Gasteiger partial charge in [0.1, 0.15) is 5.60 Å². The van der Waals surface area contributed by atoms with Gasteiger partial charge in [-0.15, -0.1) is 0 Å². The topological polar surface area (TPSA) is 66.8 Å². The van der Waals surface area contributed by atoms with Crippen LogP contribution in [0.15, 0.2) is 22.3 Å². The average Bonchev–Trinajstić information content (AvgIpc) is 2.74. The maximum Gasteiger partial charge on any atom is 0.306 e. The summed E-state index contributed by atoms with van der Waals surface area (Å²) in [5.74, 6) is -0.144. The van der Waals surface area contributed by atoms with Crippen LogP contribution >= 0.6 is 0 Å². The van der Waals surface area contributed by atoms with Crippen LogP contribution in [-0.2, 0) is 9.53 Å². The Labute approximate surface area is 120 Å². The Balaban J connectivity index is 2.11. The minimum atomic E-state index is -0.626. The van der Waals surface area contributed by atoms with Gasteiger partial charge in [0.2, 0.25) is 0 Å². The fourth-order valence-corrected chi connectivity index (χ4v) is 3.06. The first kappa shape index (κ1) is 15.3. The van der Waals surface area contributed by atoms with Gasteiger partial charge in [-0.1, -0.05) is 0 Å². The van der Waals surface area contributed by atoms with E-state index in [2.05, 4.69) is 0 Å². The van der Waals surface area contributed by atoms with Gasteiger partial charge < -0.3 is 14.9 Å². The number of hydrogen-bond acceptors (Lipinski definition) is 4. The van der Waals surface area contributed by atoms with Crippen molar-refractivity contribution in [3.05, 3.63) is 22.3 Å². The van der Waals surface area contributed by atoms with Gasteiger partial charge in [-0.05, 0) is 69.2 Å². The molecule has 0 spiro atoms. The fraction of sp³-hybridized carbons (Fsp3) is 0.688. The Morgan fingerprint density at radius 1 is 1.15 bits per heavy atom. The van der Waals surface area contributed by atoms with Crippen molar-refractivity contribution in [2.75, 3.05) is 0 Å². The van der Waals surface area contributed by atoms with E-state index in [1.807, 2.05) is 27.7 Å². The second-order valence-corrected chi connectivity index (χ2v) is 6.30. The lowest BCUT2D eigenvalue weighted by Crippen LogP contribution is -2.30. The molecule has 3 atom stereocenters. The van der Waals surface area contributed by atoms with Gasteiger partial charge in [0.05, 0.1) is 12.2 Å². The molecule has 0 aromatic carbocycles. The van der Waals surface area contributed by atoms with Gasteiger partial charge in [0.25, 0.3) is 0 Å². The normalized spacial score (nSPS) is 34.8. The molecule has 1 aliphatic carbocycles. The number of cyclic esters (lactones) is 1. The van der Waals surface area contributed by atoms with Crippen LogP contribution in [0.1, 0.15) is 53.4 Å². The van der Waals surface area contributed by atoms with E-state index in [-0.39, 0.29) is 5.97 Å². The second kappa shape index (κ2) is 5.34. The van der Waals surface area contributed by atoms with Crippen molar-refractivity contribution in [1.82, 2.24) is 0 Å². The third-order valence-electron chi connectivity index (χ3n) is 4.83. The van der Waals surface area contributed by atoms with E-state index in [1.54, 1.807) is 0 Å². The van der Waals surface area contributed by atoms with Crippen molar-refractivity contribution in [3.8, 4) is 0 Å². The largest absolute Gasteiger partial charge is 0.459 e. The van der Waals surface area contributed by atoms with Gasteiger partial charge in [-0.2, -0.15) is 0 Å². The molecule has 0 aromatic rings. The van der Waals surface area contributed by atoms with E-state index in [4.69, 9.17) is 4.74 Å². The second-order valence-electron chi connectivity index (χ2n) is 6.30. The zero-order valence-corrected chi connectivity index (χ0v) is 12.7. The molecular formula is C16H24O4. The first-order valence-corrected chi connectivity index (χ1v) is 7.20. The molecule has 2 N–H and O–H groups in total. The van der Waals surface area contributed by atoms with Crippen molar-refractivity contribution in [2.24, 2.45) is 0 Å². The lowest BCUT2D eigenvalue weighted by atomic mass is 9.80. The Morgan fingerprint density at radius 3 is 2.30 bits per heavy atom. The smallest absolute Gasteiger partial charge is 0.306 e. The van der Waals surface area contributed by atoms with Crippen LogP contribution in [0.4, 0.5) is 0 Å². The Bertz CT molecular complexity index is 489. The third-order valence-corrected chi connectivity index (χ3v) is 4.83. The summed E-state index contributed by atoms with van der Waals surface area (Å²) in [5.41, 5.74) is 2.92. The predicted molar refractivity (Wildman–Crippen MR) is 76.1 cm³/mol. The molecule has 2 unspecified atom stereocenters. The lowest BCUT2D eigenvalue weighted by Gasteiger charge is -2.32. The van der Waals surface area contributed by atoms with Gasteiger partial charge in [-0.3, -0.25) is 4.79 Å². The molecule has 1 fully saturated rings. The summed E-state index contributed by atoms with van der Waals surface area (Å²) in [6.07, 6.45) is 1.29. The fourth-order valence-electron chi connectivity index (χ4n) is 3.06. The monoisotopic (exact) mass is 280 g/mol. The molecule has 1 heterocycles. The molecule has 0 amide bonds. The number of rotatable bonds is 3. The molecule has 0 radical (unpaired) electrons. The molecule has 2 rings (SSSR count). The summed E-state index contributed by atoms with van der Waals surface area (Å²) in [7, 11) is 0. The molecule has 0 bridgehead atoms. The molecule has 20 heavy (non-hydrogen) atoms. The summed E-state index contributed by atoms with van der Waals surface area (Å²) in [6.45, 7) is 7.51. The third kappa shape index (κ3) is 2.67. The molecule has 2 aliphatic rings. The van der Waals surface area contributed by atoms with Crippen molar-refractivity contribution in [3.63, 3.8) is 0 Å². The van der Waals surface area contributed by atoms with Crippen molar-refractivity contribution in [1.29, 1.82) is 0 Å². The number of hydrogen-bond donors (Lipinski definition) is 2. The van der Waals surface area contributed by atoms with Crippen molar-refractivity contribution in [2.45, 2.75) is 71.2 Å². The number of esters is 1. The summed E-state index contributed by atoms with van der Waals surface area (Å²) < 4.78 is 5.37. The van der Waals surface area contributed by atoms with Crippen molar-refractivity contribution < 1.29 is 19.7 Å². The summed E-state index contributed by atoms with van der Waals surface area (Å²) in [6, 6.07) is 0. The zero-order chi connectivity index (χ0) is 15.1. The highest BCUT2D eigenvalue weighted by molar-refractivity contribution is 5.72. The number of carbonyl (C=O) groups is 1. The van der Waals surface area contributed by atoms with Crippen LogP contribution in [0.3, 0.4) is 0 Å². The van der Waals surface area contributed by atoms with E-state index in [9.17, 15) is 15.0 Å². The van der Waals surface area contributed by atoms with Crippen LogP contribution < -0.4 is 0 Å². The predicted octanol–water partition coefficient (Wildman–Crippen LogP) is 2.25. The molecule has 1 aliphatic heterocycles. The maximum atomic E-state index is 11.3. The summed E-state index contributed by atoms with van der Waals surface area (Å²) >= 11 is 0. The van der Waals surface area contributed by atoms with Gasteiger partial charge in [-0.25, -0.2) is 0 Å². The molecule has 112 valence electrons. The van der Waals surface area contributed by atoms with Crippen LogP contribution in [0.2, 0.25) is 0 Å². The Morgan fingerprint density at radius 2 is 1.75 bits per heavy atom. The van der Waals surface area contributed by atoms with E-state index < -0.39 is 17.8 Å². The van der Waals surface area contributed by atoms with E-state index in [0.717, 1.165) is 28.7 Å². The Kier molecular flexibility index (Phi) is 4.07. The van der Waals surface area contributed by atoms with E-state index in [0.29, 0.717) is 19.3 Å². The number of carbonyl (C=O) groups excluding carboxylic acids is 1. The molecule has 0 saturated carbocycles. The number of aliphatic hydroxyl groups excluding tert-OH is 2. The van der Waals surface area contributed by atoms with Crippen LogP contribution in [-0.4, -0.2) is 34.0 Å². The van der Waals surface area contributed by atoms with E-state index in [1.165, 1.54) is 0 Å². The van der Waals surface area contributed by atoms with Gasteiger partial charge in [0, 0.05) is 6.42 Å². The molecule has 4 nitrogen and oxygen atoms in total. The average molecular weight is 280 g/mol. The van der Waals surface area contributed by atoms with Crippen molar-refractivity contribution >= 4 is 5.97 Å². The molecule has 0 aromatic heterocycles. The van der Waals surface area contributed by atoms with Crippen LogP contribution in [0.5, 0.6) is 0 Å². The Hall–Kier alpha value is -1.13. The van der Waals surface area contributed by atoms with Crippen LogP contribution in [0.25, 0.3) is 0 Å². The minimum Gasteiger partial charge on any atom is -0.459 e. The molecule has 4 heteroatoms. The zero-order valence-electron chi connectivity index (χ0n) is 12.7. The first-order valence-electron chi connectivity index (χ1n) is 7.20. The van der Waals surface area contributed by atoms with Gasteiger partial charge in [0.15, 0.2) is 0 Å².